The van der Waals surface area contributed by atoms with E-state index in [0.29, 0.717) is 5.92 Å². The summed E-state index contributed by atoms with van der Waals surface area (Å²) >= 11 is 3.72. The highest BCUT2D eigenvalue weighted by atomic mass is 32.1. The predicted octanol–water partition coefficient (Wildman–Crippen LogP) is 4.04. The van der Waals surface area contributed by atoms with Gasteiger partial charge in [-0.3, -0.25) is 0 Å². The average molecular weight is 290 g/mol. The van der Waals surface area contributed by atoms with Gasteiger partial charge >= 0.3 is 0 Å². The number of aromatic nitrogens is 1. The van der Waals surface area contributed by atoms with Crippen LogP contribution in [0.4, 0.5) is 0 Å². The Hall–Kier alpha value is -0.710. The third-order valence-corrected chi connectivity index (χ3v) is 6.20. The monoisotopic (exact) mass is 290 g/mol. The Kier molecular flexibility index (Phi) is 3.17. The largest absolute Gasteiger partial charge is 0.313 e. The highest BCUT2D eigenvalue weighted by Crippen LogP contribution is 2.39. The van der Waals surface area contributed by atoms with Crippen molar-refractivity contribution in [3.8, 4) is 9.88 Å². The standard InChI is InChI=1S/C15H18N2S2/c1-3-10(9-16-11-6-7-11)14-12(4-1)19-15(17-14)13-5-2-8-18-13/h2,5,8,10-11,16H,1,3-4,6-7,9H2. The number of nitrogens with one attached hydrogen (secondary N) is 1. The van der Waals surface area contributed by atoms with Gasteiger partial charge in [0.1, 0.15) is 5.01 Å². The van der Waals surface area contributed by atoms with Crippen molar-refractivity contribution >= 4 is 22.7 Å². The van der Waals surface area contributed by atoms with Crippen molar-refractivity contribution in [3.63, 3.8) is 0 Å². The zero-order valence-corrected chi connectivity index (χ0v) is 12.5. The van der Waals surface area contributed by atoms with E-state index in [2.05, 4.69) is 22.8 Å². The molecule has 4 heteroatoms. The summed E-state index contributed by atoms with van der Waals surface area (Å²) in [6.07, 6.45) is 6.61. The molecule has 0 spiro atoms. The fourth-order valence-electron chi connectivity index (χ4n) is 2.81. The average Bonchev–Trinajstić information content (AvgIpc) is 2.94. The Labute approximate surface area is 121 Å². The maximum atomic E-state index is 4.96. The predicted molar refractivity (Wildman–Crippen MR) is 82.1 cm³/mol. The molecule has 2 aliphatic carbocycles. The van der Waals surface area contributed by atoms with Crippen LogP contribution in [-0.2, 0) is 6.42 Å². The van der Waals surface area contributed by atoms with E-state index < -0.39 is 0 Å². The quantitative estimate of drug-likeness (QED) is 0.919. The van der Waals surface area contributed by atoms with Gasteiger partial charge < -0.3 is 5.32 Å². The lowest BCUT2D eigenvalue weighted by Crippen LogP contribution is -2.25. The first-order chi connectivity index (χ1) is 9.40. The van der Waals surface area contributed by atoms with Crippen LogP contribution in [0.1, 0.15) is 42.2 Å². The Morgan fingerprint density at radius 1 is 1.32 bits per heavy atom. The molecule has 0 radical (unpaired) electrons. The van der Waals surface area contributed by atoms with Crippen LogP contribution in [0.25, 0.3) is 9.88 Å². The summed E-state index contributed by atoms with van der Waals surface area (Å²) in [5.74, 6) is 0.648. The molecule has 0 aliphatic heterocycles. The Bertz CT molecular complexity index is 555. The minimum absolute atomic E-state index is 0.648. The summed E-state index contributed by atoms with van der Waals surface area (Å²) in [7, 11) is 0. The van der Waals surface area contributed by atoms with Crippen LogP contribution in [0, 0.1) is 0 Å². The highest BCUT2D eigenvalue weighted by Gasteiger charge is 2.27. The van der Waals surface area contributed by atoms with Gasteiger partial charge in [0.25, 0.3) is 0 Å². The summed E-state index contributed by atoms with van der Waals surface area (Å²) in [5, 5.41) is 7.05. The third kappa shape index (κ3) is 2.49. The van der Waals surface area contributed by atoms with E-state index in [4.69, 9.17) is 4.98 Å². The second-order valence-electron chi connectivity index (χ2n) is 5.58. The molecule has 0 amide bonds. The SMILES string of the molecule is c1csc(-c2nc3c(s2)CCCC3CNC2CC2)c1. The van der Waals surface area contributed by atoms with Crippen molar-refractivity contribution in [1.82, 2.24) is 10.3 Å². The van der Waals surface area contributed by atoms with Crippen molar-refractivity contribution in [2.75, 3.05) is 6.54 Å². The molecule has 2 heterocycles. The normalized spacial score (nSPS) is 22.4. The van der Waals surface area contributed by atoms with Gasteiger partial charge in [-0.1, -0.05) is 6.07 Å². The molecule has 2 nitrogen and oxygen atoms in total. The second-order valence-corrected chi connectivity index (χ2v) is 7.61. The first kappa shape index (κ1) is 12.1. The summed E-state index contributed by atoms with van der Waals surface area (Å²) in [4.78, 5) is 7.83. The van der Waals surface area contributed by atoms with E-state index in [1.165, 1.54) is 52.6 Å². The number of fused-ring (bicyclic) bond motifs is 1. The Morgan fingerprint density at radius 3 is 3.05 bits per heavy atom. The van der Waals surface area contributed by atoms with Gasteiger partial charge in [-0.05, 0) is 43.6 Å². The molecule has 0 aromatic carbocycles. The van der Waals surface area contributed by atoms with E-state index in [-0.39, 0.29) is 0 Å². The van der Waals surface area contributed by atoms with Crippen molar-refractivity contribution in [1.29, 1.82) is 0 Å². The smallest absolute Gasteiger partial charge is 0.133 e. The number of thiophene rings is 1. The lowest BCUT2D eigenvalue weighted by atomic mass is 9.91. The number of hydrogen-bond donors (Lipinski definition) is 1. The maximum Gasteiger partial charge on any atom is 0.133 e. The minimum Gasteiger partial charge on any atom is -0.313 e. The van der Waals surface area contributed by atoms with Gasteiger partial charge in [0, 0.05) is 23.4 Å². The number of rotatable bonds is 4. The minimum atomic E-state index is 0.648. The van der Waals surface area contributed by atoms with E-state index in [9.17, 15) is 0 Å². The highest BCUT2D eigenvalue weighted by molar-refractivity contribution is 7.21. The molecule has 1 fully saturated rings. The molecular formula is C15H18N2S2. The summed E-state index contributed by atoms with van der Waals surface area (Å²) in [5.41, 5.74) is 1.40. The van der Waals surface area contributed by atoms with Gasteiger partial charge in [0.15, 0.2) is 0 Å². The van der Waals surface area contributed by atoms with Crippen molar-refractivity contribution in [3.05, 3.63) is 28.1 Å². The van der Waals surface area contributed by atoms with Gasteiger partial charge in [-0.25, -0.2) is 4.98 Å². The molecule has 1 N–H and O–H groups in total. The van der Waals surface area contributed by atoms with Gasteiger partial charge in [0.2, 0.25) is 0 Å². The third-order valence-electron chi connectivity index (χ3n) is 4.03. The summed E-state index contributed by atoms with van der Waals surface area (Å²) < 4.78 is 0. The van der Waals surface area contributed by atoms with E-state index in [1.807, 2.05) is 11.3 Å². The topological polar surface area (TPSA) is 24.9 Å². The molecule has 2 aliphatic rings. The molecule has 100 valence electrons. The number of thiazole rings is 1. The van der Waals surface area contributed by atoms with Crippen molar-refractivity contribution in [2.24, 2.45) is 0 Å². The molecule has 1 unspecified atom stereocenters. The van der Waals surface area contributed by atoms with Gasteiger partial charge in [-0.15, -0.1) is 22.7 Å². The van der Waals surface area contributed by atoms with Crippen LogP contribution in [0.3, 0.4) is 0 Å². The van der Waals surface area contributed by atoms with Crippen molar-refractivity contribution < 1.29 is 0 Å². The second kappa shape index (κ2) is 5.00. The lowest BCUT2D eigenvalue weighted by Gasteiger charge is -2.21. The van der Waals surface area contributed by atoms with Crippen molar-refractivity contribution in [2.45, 2.75) is 44.1 Å². The van der Waals surface area contributed by atoms with Crippen LogP contribution in [0.2, 0.25) is 0 Å². The van der Waals surface area contributed by atoms with Gasteiger partial charge in [-0.2, -0.15) is 0 Å². The number of aryl methyl sites for hydroxylation is 1. The van der Waals surface area contributed by atoms with Crippen LogP contribution in [-0.4, -0.2) is 17.6 Å². The molecule has 19 heavy (non-hydrogen) atoms. The van der Waals surface area contributed by atoms with Crippen LogP contribution >= 0.6 is 22.7 Å². The molecule has 4 rings (SSSR count). The first-order valence-electron chi connectivity index (χ1n) is 7.17. The van der Waals surface area contributed by atoms with E-state index in [1.54, 1.807) is 11.3 Å². The first-order valence-corrected chi connectivity index (χ1v) is 8.86. The molecule has 1 atom stereocenters. The van der Waals surface area contributed by atoms with Crippen LogP contribution in [0.5, 0.6) is 0 Å². The van der Waals surface area contributed by atoms with E-state index in [0.717, 1.165) is 12.6 Å². The fourth-order valence-corrected chi connectivity index (χ4v) is 4.79. The summed E-state index contributed by atoms with van der Waals surface area (Å²) in [6.45, 7) is 1.13. The van der Waals surface area contributed by atoms with Crippen LogP contribution in [0.15, 0.2) is 17.5 Å². The van der Waals surface area contributed by atoms with Gasteiger partial charge in [0.05, 0.1) is 10.6 Å². The molecule has 1 saturated carbocycles. The molecule has 2 aromatic heterocycles. The summed E-state index contributed by atoms with van der Waals surface area (Å²) in [6, 6.07) is 5.11. The Balaban J connectivity index is 1.58. The molecule has 0 saturated heterocycles. The molecule has 2 aromatic rings. The Morgan fingerprint density at radius 2 is 2.26 bits per heavy atom. The zero-order valence-electron chi connectivity index (χ0n) is 10.9. The number of nitrogens with zero attached hydrogens (tertiary/aromatic N) is 1. The fraction of sp³-hybridized carbons (Fsp3) is 0.533. The number of hydrogen-bond acceptors (Lipinski definition) is 4. The maximum absolute atomic E-state index is 4.96. The zero-order chi connectivity index (χ0) is 12.7. The lowest BCUT2D eigenvalue weighted by molar-refractivity contribution is 0.500. The van der Waals surface area contributed by atoms with Crippen LogP contribution < -0.4 is 5.32 Å². The molecular weight excluding hydrogens is 272 g/mol. The molecule has 0 bridgehead atoms. The van der Waals surface area contributed by atoms with E-state index >= 15 is 0 Å².